The van der Waals surface area contributed by atoms with Gasteiger partial charge in [-0.2, -0.15) is 0 Å². The van der Waals surface area contributed by atoms with E-state index in [0.717, 1.165) is 5.56 Å². The summed E-state index contributed by atoms with van der Waals surface area (Å²) in [5, 5.41) is 6.09. The Morgan fingerprint density at radius 3 is 2.19 bits per heavy atom. The number of sulfone groups is 1. The highest BCUT2D eigenvalue weighted by Crippen LogP contribution is 2.23. The van der Waals surface area contributed by atoms with Gasteiger partial charge in [-0.3, -0.25) is 4.99 Å². The second-order valence-electron chi connectivity index (χ2n) is 6.72. The molecule has 1 aromatic rings. The topological polar surface area (TPSA) is 79.8 Å². The summed E-state index contributed by atoms with van der Waals surface area (Å²) in [7, 11) is -1.68. The molecule has 0 saturated heterocycles. The molecule has 0 spiro atoms. The number of rotatable bonds is 8. The number of benzene rings is 1. The highest BCUT2D eigenvalue weighted by atomic mass is 127. The van der Waals surface area contributed by atoms with Crippen LogP contribution < -0.4 is 10.6 Å². The fraction of sp³-hybridized carbons (Fsp3) is 0.611. The lowest BCUT2D eigenvalue weighted by molar-refractivity contribution is 0.152. The molecule has 0 aromatic heterocycles. The molecule has 1 aromatic carbocycles. The van der Waals surface area contributed by atoms with E-state index in [9.17, 15) is 8.42 Å². The van der Waals surface area contributed by atoms with E-state index in [0.29, 0.717) is 30.6 Å². The van der Waals surface area contributed by atoms with Gasteiger partial charge in [0.05, 0.1) is 17.3 Å². The minimum atomic E-state index is -3.33. The minimum Gasteiger partial charge on any atom is -0.380 e. The van der Waals surface area contributed by atoms with Gasteiger partial charge in [0, 0.05) is 26.7 Å². The number of nitrogens with zero attached hydrogens (tertiary/aromatic N) is 1. The van der Waals surface area contributed by atoms with E-state index >= 15 is 0 Å². The highest BCUT2D eigenvalue weighted by molar-refractivity contribution is 14.0. The predicted octanol–water partition coefficient (Wildman–Crippen LogP) is 2.58. The number of hydrogen-bond acceptors (Lipinski definition) is 4. The Hall–Kier alpha value is -0.870. The SMILES string of the molecule is CCOCCNC(=NC)NCCS(=O)(=O)c1ccc(C(C)(C)C)cc1.I. The first-order chi connectivity index (χ1) is 11.7. The lowest BCUT2D eigenvalue weighted by atomic mass is 9.87. The van der Waals surface area contributed by atoms with Crippen LogP contribution in [0, 0.1) is 0 Å². The Balaban J connectivity index is 0.00000625. The van der Waals surface area contributed by atoms with Crippen LogP contribution in [-0.2, 0) is 20.0 Å². The van der Waals surface area contributed by atoms with E-state index in [4.69, 9.17) is 4.74 Å². The Kier molecular flexibility index (Phi) is 11.4. The molecule has 1 rings (SSSR count). The molecule has 6 nitrogen and oxygen atoms in total. The third-order valence-corrected chi connectivity index (χ3v) is 5.44. The average molecular weight is 497 g/mol. The predicted molar refractivity (Wildman–Crippen MR) is 118 cm³/mol. The van der Waals surface area contributed by atoms with Gasteiger partial charge < -0.3 is 15.4 Å². The molecule has 0 aliphatic heterocycles. The maximum Gasteiger partial charge on any atom is 0.191 e. The van der Waals surface area contributed by atoms with Gasteiger partial charge in [0.25, 0.3) is 0 Å². The molecular weight excluding hydrogens is 465 g/mol. The van der Waals surface area contributed by atoms with Crippen molar-refractivity contribution in [2.24, 2.45) is 4.99 Å². The monoisotopic (exact) mass is 497 g/mol. The number of hydrogen-bond donors (Lipinski definition) is 2. The first-order valence-corrected chi connectivity index (χ1v) is 10.2. The van der Waals surface area contributed by atoms with Crippen molar-refractivity contribution in [2.75, 3.05) is 39.1 Å². The summed E-state index contributed by atoms with van der Waals surface area (Å²) < 4.78 is 30.1. The Morgan fingerprint density at radius 1 is 1.12 bits per heavy atom. The number of halogens is 1. The molecule has 0 aliphatic carbocycles. The van der Waals surface area contributed by atoms with Gasteiger partial charge in [-0.15, -0.1) is 24.0 Å². The Morgan fingerprint density at radius 2 is 1.69 bits per heavy atom. The summed E-state index contributed by atoms with van der Waals surface area (Å²) in [4.78, 5) is 4.41. The van der Waals surface area contributed by atoms with Crippen molar-refractivity contribution in [3.63, 3.8) is 0 Å². The van der Waals surface area contributed by atoms with Gasteiger partial charge in [-0.25, -0.2) is 8.42 Å². The standard InChI is InChI=1S/C18H31N3O3S.HI/c1-6-24-13-11-20-17(19-5)21-12-14-25(22,23)16-9-7-15(8-10-16)18(2,3)4;/h7-10H,6,11-14H2,1-5H3,(H2,19,20,21);1H. The molecule has 0 saturated carbocycles. The van der Waals surface area contributed by atoms with Crippen LogP contribution in [0.3, 0.4) is 0 Å². The van der Waals surface area contributed by atoms with E-state index in [2.05, 4.69) is 36.4 Å². The number of guanidine groups is 1. The molecule has 0 aliphatic rings. The summed E-state index contributed by atoms with van der Waals surface area (Å²) in [5.74, 6) is 0.576. The Labute approximate surface area is 175 Å². The van der Waals surface area contributed by atoms with E-state index in [1.165, 1.54) is 0 Å². The van der Waals surface area contributed by atoms with Crippen molar-refractivity contribution in [2.45, 2.75) is 38.0 Å². The Bertz CT molecular complexity index is 653. The third kappa shape index (κ3) is 8.68. The minimum absolute atomic E-state index is 0. The van der Waals surface area contributed by atoms with E-state index in [1.807, 2.05) is 19.1 Å². The molecule has 2 N–H and O–H groups in total. The molecule has 0 amide bonds. The van der Waals surface area contributed by atoms with E-state index < -0.39 is 9.84 Å². The lowest BCUT2D eigenvalue weighted by Crippen LogP contribution is -2.40. The van der Waals surface area contributed by atoms with Crippen molar-refractivity contribution in [1.82, 2.24) is 10.6 Å². The normalized spacial score (nSPS) is 12.4. The first kappa shape index (κ1) is 25.1. The summed E-state index contributed by atoms with van der Waals surface area (Å²) in [6.45, 7) is 10.4. The van der Waals surface area contributed by atoms with Crippen LogP contribution >= 0.6 is 24.0 Å². The lowest BCUT2D eigenvalue weighted by Gasteiger charge is -2.19. The maximum absolute atomic E-state index is 12.4. The van der Waals surface area contributed by atoms with Gasteiger partial charge in [0.15, 0.2) is 15.8 Å². The summed E-state index contributed by atoms with van der Waals surface area (Å²) in [5.41, 5.74) is 1.12. The second-order valence-corrected chi connectivity index (χ2v) is 8.83. The first-order valence-electron chi connectivity index (χ1n) is 8.56. The van der Waals surface area contributed by atoms with Crippen molar-refractivity contribution < 1.29 is 13.2 Å². The van der Waals surface area contributed by atoms with Crippen LogP contribution in [0.1, 0.15) is 33.3 Å². The molecule has 8 heteroatoms. The largest absolute Gasteiger partial charge is 0.380 e. The van der Waals surface area contributed by atoms with Crippen molar-refractivity contribution >= 4 is 39.8 Å². The molecule has 0 heterocycles. The van der Waals surface area contributed by atoms with Crippen LogP contribution in [0.25, 0.3) is 0 Å². The van der Waals surface area contributed by atoms with E-state index in [1.54, 1.807) is 19.2 Å². The van der Waals surface area contributed by atoms with Gasteiger partial charge in [-0.1, -0.05) is 32.9 Å². The molecule has 0 unspecified atom stereocenters. The third-order valence-electron chi connectivity index (χ3n) is 3.71. The number of aliphatic imine (C=N–C) groups is 1. The molecule has 26 heavy (non-hydrogen) atoms. The molecule has 150 valence electrons. The maximum atomic E-state index is 12.4. The number of nitrogens with one attached hydrogen (secondary N) is 2. The quantitative estimate of drug-likeness (QED) is 0.250. The fourth-order valence-electron chi connectivity index (χ4n) is 2.19. The summed E-state index contributed by atoms with van der Waals surface area (Å²) in [6, 6.07) is 7.14. The zero-order valence-corrected chi connectivity index (χ0v) is 19.5. The zero-order chi connectivity index (χ0) is 18.9. The zero-order valence-electron chi connectivity index (χ0n) is 16.3. The molecule has 0 radical (unpaired) electrons. The molecule has 0 fully saturated rings. The smallest absolute Gasteiger partial charge is 0.191 e. The molecule has 0 bridgehead atoms. The van der Waals surface area contributed by atoms with Gasteiger partial charge >= 0.3 is 0 Å². The van der Waals surface area contributed by atoms with Gasteiger partial charge in [0.1, 0.15) is 0 Å². The molecule has 0 atom stereocenters. The van der Waals surface area contributed by atoms with Crippen LogP contribution in [0.2, 0.25) is 0 Å². The second kappa shape index (κ2) is 11.8. The van der Waals surface area contributed by atoms with Crippen LogP contribution in [-0.4, -0.2) is 53.5 Å². The molecular formula is C18H32IN3O3S. The van der Waals surface area contributed by atoms with E-state index in [-0.39, 0.29) is 41.7 Å². The van der Waals surface area contributed by atoms with Gasteiger partial charge in [0.2, 0.25) is 0 Å². The number of ether oxygens (including phenoxy) is 1. The summed E-state index contributed by atoms with van der Waals surface area (Å²) in [6.07, 6.45) is 0. The average Bonchev–Trinajstić information content (AvgIpc) is 2.56. The highest BCUT2D eigenvalue weighted by Gasteiger charge is 2.17. The van der Waals surface area contributed by atoms with Crippen molar-refractivity contribution in [3.05, 3.63) is 29.8 Å². The van der Waals surface area contributed by atoms with Crippen LogP contribution in [0.4, 0.5) is 0 Å². The van der Waals surface area contributed by atoms with Crippen molar-refractivity contribution in [3.8, 4) is 0 Å². The fourth-order valence-corrected chi connectivity index (χ4v) is 3.35. The van der Waals surface area contributed by atoms with Crippen molar-refractivity contribution in [1.29, 1.82) is 0 Å². The van der Waals surface area contributed by atoms with Gasteiger partial charge in [-0.05, 0) is 30.0 Å². The van der Waals surface area contributed by atoms with Crippen LogP contribution in [0.15, 0.2) is 34.2 Å². The van der Waals surface area contributed by atoms with Crippen LogP contribution in [0.5, 0.6) is 0 Å². The summed E-state index contributed by atoms with van der Waals surface area (Å²) >= 11 is 0.